The predicted octanol–water partition coefficient (Wildman–Crippen LogP) is 5.68. The van der Waals surface area contributed by atoms with E-state index in [1.165, 1.54) is 11.3 Å². The van der Waals surface area contributed by atoms with Gasteiger partial charge in [-0.15, -0.1) is 0 Å². The van der Waals surface area contributed by atoms with Crippen LogP contribution in [0.25, 0.3) is 10.2 Å². The first-order valence-corrected chi connectivity index (χ1v) is 12.0. The summed E-state index contributed by atoms with van der Waals surface area (Å²) in [5.74, 6) is 0.294. The van der Waals surface area contributed by atoms with Gasteiger partial charge in [-0.05, 0) is 60.0 Å². The maximum Gasteiger partial charge on any atom is 0.293 e. The van der Waals surface area contributed by atoms with Gasteiger partial charge in [0.15, 0.2) is 10.9 Å². The lowest BCUT2D eigenvalue weighted by atomic mass is 9.93. The van der Waals surface area contributed by atoms with E-state index in [0.717, 1.165) is 22.2 Å². The van der Waals surface area contributed by atoms with Crippen molar-refractivity contribution in [2.45, 2.75) is 26.2 Å². The maximum absolute atomic E-state index is 13.0. The highest BCUT2D eigenvalue weighted by atomic mass is 79.9. The number of halogens is 1. The highest BCUT2D eigenvalue weighted by Gasteiger charge is 2.28. The number of nitrogens with one attached hydrogen (secondary N) is 2. The number of carbonyl (C=O) groups excluding carboxylic acids is 2. The third-order valence-corrected chi connectivity index (χ3v) is 7.10. The lowest BCUT2D eigenvalue weighted by molar-refractivity contribution is 0.0952. The third-order valence-electron chi connectivity index (χ3n) is 5.46. The molecule has 2 amide bonds. The average molecular weight is 523 g/mol. The molecule has 0 aliphatic heterocycles. The fourth-order valence-electron chi connectivity index (χ4n) is 3.90. The Morgan fingerprint density at radius 1 is 1.09 bits per heavy atom. The number of aromatic nitrogens is 1. The number of fused-ring (bicyclic) bond motifs is 2. The fourth-order valence-corrected chi connectivity index (χ4v) is 5.23. The summed E-state index contributed by atoms with van der Waals surface area (Å²) in [5.41, 5.74) is 6.18. The van der Waals surface area contributed by atoms with Gasteiger partial charge in [0.25, 0.3) is 11.8 Å². The van der Waals surface area contributed by atoms with Crippen molar-refractivity contribution in [3.8, 4) is 0 Å². The van der Waals surface area contributed by atoms with Crippen LogP contribution in [0, 0.1) is 6.92 Å². The Balaban J connectivity index is 1.39. The van der Waals surface area contributed by atoms with Crippen LogP contribution < -0.4 is 10.7 Å². The van der Waals surface area contributed by atoms with Gasteiger partial charge in [-0.3, -0.25) is 14.9 Å². The number of rotatable bonds is 4. The summed E-state index contributed by atoms with van der Waals surface area (Å²) in [6.07, 6.45) is 2.22. The molecule has 1 aliphatic rings. The topological polar surface area (TPSA) is 96.6 Å². The summed E-state index contributed by atoms with van der Waals surface area (Å²) in [7, 11) is 0. The van der Waals surface area contributed by atoms with Crippen molar-refractivity contribution >= 4 is 60.1 Å². The van der Waals surface area contributed by atoms with Crippen molar-refractivity contribution in [1.82, 2.24) is 10.4 Å². The molecule has 2 aromatic carbocycles. The summed E-state index contributed by atoms with van der Waals surface area (Å²) in [6.45, 7) is 1.84. The van der Waals surface area contributed by atoms with E-state index in [0.29, 0.717) is 45.0 Å². The minimum Gasteiger partial charge on any atom is -0.455 e. The highest BCUT2D eigenvalue weighted by Crippen LogP contribution is 2.31. The molecule has 9 heteroatoms. The number of anilines is 1. The number of para-hydroxylation sites is 1. The zero-order chi connectivity index (χ0) is 22.9. The Hall–Kier alpha value is -3.30. The summed E-state index contributed by atoms with van der Waals surface area (Å²) in [6, 6.07) is 14.9. The van der Waals surface area contributed by atoms with E-state index in [1.807, 2.05) is 37.3 Å². The lowest BCUT2D eigenvalue weighted by Gasteiger charge is -2.13. The van der Waals surface area contributed by atoms with Crippen LogP contribution in [0.5, 0.6) is 0 Å². The molecular weight excluding hydrogens is 504 g/mol. The number of benzene rings is 2. The number of nitrogens with zero attached hydrogens (tertiary/aromatic N) is 2. The van der Waals surface area contributed by atoms with Gasteiger partial charge < -0.3 is 4.42 Å². The molecule has 0 radical (unpaired) electrons. The van der Waals surface area contributed by atoms with Crippen LogP contribution in [0.3, 0.4) is 0 Å². The number of carbonyl (C=O) groups is 2. The molecule has 0 saturated heterocycles. The molecule has 7 nitrogen and oxygen atoms in total. The molecular formula is C24H19BrN4O3S. The van der Waals surface area contributed by atoms with Crippen molar-refractivity contribution < 1.29 is 14.0 Å². The van der Waals surface area contributed by atoms with E-state index in [-0.39, 0.29) is 17.6 Å². The average Bonchev–Trinajstić information content (AvgIpc) is 3.38. The number of thiazole rings is 1. The normalized spacial score (nSPS) is 14.3. The molecule has 1 aliphatic carbocycles. The Morgan fingerprint density at radius 2 is 1.88 bits per heavy atom. The molecule has 0 unspecified atom stereocenters. The van der Waals surface area contributed by atoms with Crippen molar-refractivity contribution in [3.63, 3.8) is 0 Å². The molecule has 0 atom stereocenters. The summed E-state index contributed by atoms with van der Waals surface area (Å²) < 4.78 is 7.64. The number of amides is 2. The van der Waals surface area contributed by atoms with Gasteiger partial charge in [0, 0.05) is 22.0 Å². The van der Waals surface area contributed by atoms with Gasteiger partial charge in [-0.1, -0.05) is 35.6 Å². The second-order valence-corrected chi connectivity index (χ2v) is 9.51. The van der Waals surface area contributed by atoms with E-state index in [2.05, 4.69) is 36.8 Å². The molecule has 166 valence electrons. The molecule has 33 heavy (non-hydrogen) atoms. The standard InChI is InChI=1S/C24H19BrN4O3S/c1-13-20-17(28-29-22(30)14-7-2-3-8-15(14)25)10-6-11-18(20)32-21(13)23(31)27-24-26-16-9-4-5-12-19(16)33-24/h2-5,7-9,12H,6,10-11H2,1H3,(H,29,30)(H,26,27,31)/b28-17+. The monoisotopic (exact) mass is 522 g/mol. The quantitative estimate of drug-likeness (QED) is 0.336. The largest absolute Gasteiger partial charge is 0.455 e. The van der Waals surface area contributed by atoms with Crippen LogP contribution in [-0.2, 0) is 6.42 Å². The van der Waals surface area contributed by atoms with Crippen LogP contribution in [0.2, 0.25) is 0 Å². The number of hydrogen-bond acceptors (Lipinski definition) is 6. The maximum atomic E-state index is 13.0. The molecule has 0 fully saturated rings. The number of hydrazone groups is 1. The third kappa shape index (κ3) is 4.21. The van der Waals surface area contributed by atoms with Crippen LogP contribution in [0.4, 0.5) is 5.13 Å². The number of furan rings is 1. The van der Waals surface area contributed by atoms with Gasteiger partial charge in [0.05, 0.1) is 21.5 Å². The number of aryl methyl sites for hydroxylation is 1. The highest BCUT2D eigenvalue weighted by molar-refractivity contribution is 9.10. The summed E-state index contributed by atoms with van der Waals surface area (Å²) in [5, 5.41) is 7.75. The molecule has 0 bridgehead atoms. The van der Waals surface area contributed by atoms with E-state index < -0.39 is 0 Å². The minimum absolute atomic E-state index is 0.242. The molecule has 5 rings (SSSR count). The van der Waals surface area contributed by atoms with Crippen molar-refractivity contribution in [3.05, 3.63) is 81.2 Å². The van der Waals surface area contributed by atoms with Crippen LogP contribution in [0.15, 0.2) is 62.5 Å². The van der Waals surface area contributed by atoms with E-state index in [1.54, 1.807) is 18.2 Å². The number of hydrogen-bond donors (Lipinski definition) is 2. The molecule has 4 aromatic rings. The molecule has 2 heterocycles. The van der Waals surface area contributed by atoms with Crippen molar-refractivity contribution in [1.29, 1.82) is 0 Å². The molecule has 2 aromatic heterocycles. The van der Waals surface area contributed by atoms with E-state index in [4.69, 9.17) is 4.42 Å². The lowest BCUT2D eigenvalue weighted by Crippen LogP contribution is -2.22. The van der Waals surface area contributed by atoms with Gasteiger partial charge in [0.1, 0.15) is 5.76 Å². The first kappa shape index (κ1) is 21.5. The van der Waals surface area contributed by atoms with Gasteiger partial charge in [-0.2, -0.15) is 5.10 Å². The van der Waals surface area contributed by atoms with Gasteiger partial charge in [-0.25, -0.2) is 10.4 Å². The van der Waals surface area contributed by atoms with Crippen molar-refractivity contribution in [2.75, 3.05) is 5.32 Å². The Labute approximate surface area is 202 Å². The second kappa shape index (κ2) is 8.92. The van der Waals surface area contributed by atoms with Crippen LogP contribution in [0.1, 0.15) is 50.6 Å². The molecule has 0 spiro atoms. The zero-order valence-corrected chi connectivity index (χ0v) is 20.0. The SMILES string of the molecule is Cc1c(C(=O)Nc2nc3ccccc3s2)oc2c1/C(=N/NC(=O)c1ccccc1Br)CCC2. The zero-order valence-electron chi connectivity index (χ0n) is 17.6. The Kier molecular flexibility index (Phi) is 5.82. The molecule has 0 saturated carbocycles. The fraction of sp³-hybridized carbons (Fsp3) is 0.167. The first-order chi connectivity index (χ1) is 16.0. The first-order valence-electron chi connectivity index (χ1n) is 10.4. The van der Waals surface area contributed by atoms with E-state index >= 15 is 0 Å². The smallest absolute Gasteiger partial charge is 0.293 e. The van der Waals surface area contributed by atoms with Crippen LogP contribution in [-0.4, -0.2) is 22.5 Å². The Morgan fingerprint density at radius 3 is 2.70 bits per heavy atom. The van der Waals surface area contributed by atoms with Gasteiger partial charge >= 0.3 is 0 Å². The predicted molar refractivity (Wildman–Crippen MR) is 132 cm³/mol. The van der Waals surface area contributed by atoms with Gasteiger partial charge in [0.2, 0.25) is 0 Å². The summed E-state index contributed by atoms with van der Waals surface area (Å²) in [4.78, 5) is 30.0. The molecule has 2 N–H and O–H groups in total. The minimum atomic E-state index is -0.349. The Bertz CT molecular complexity index is 1390. The summed E-state index contributed by atoms with van der Waals surface area (Å²) >= 11 is 4.80. The second-order valence-electron chi connectivity index (χ2n) is 7.63. The van der Waals surface area contributed by atoms with Crippen LogP contribution >= 0.6 is 27.3 Å². The van der Waals surface area contributed by atoms with E-state index in [9.17, 15) is 9.59 Å². The van der Waals surface area contributed by atoms with Crippen molar-refractivity contribution in [2.24, 2.45) is 5.10 Å².